The van der Waals surface area contributed by atoms with Crippen LogP contribution >= 0.6 is 0 Å². The molecule has 0 unspecified atom stereocenters. The number of hydrogen-bond acceptors (Lipinski definition) is 3. The second-order valence-electron chi connectivity index (χ2n) is 4.87. The first-order valence-corrected chi connectivity index (χ1v) is 6.24. The first kappa shape index (κ1) is 11.2. The van der Waals surface area contributed by atoms with Gasteiger partial charge in [0, 0.05) is 11.8 Å². The van der Waals surface area contributed by atoms with Crippen LogP contribution in [0.25, 0.3) is 5.65 Å². The van der Waals surface area contributed by atoms with Gasteiger partial charge in [-0.15, -0.1) is 0 Å². The lowest BCUT2D eigenvalue weighted by atomic mass is 10.0. The molecule has 2 aromatic rings. The van der Waals surface area contributed by atoms with Crippen LogP contribution in [-0.2, 0) is 0 Å². The molecular weight excluding hydrogens is 230 g/mol. The molecule has 1 saturated carbocycles. The van der Waals surface area contributed by atoms with Crippen LogP contribution in [0.4, 0.5) is 0 Å². The van der Waals surface area contributed by atoms with E-state index < -0.39 is 5.97 Å². The van der Waals surface area contributed by atoms with Crippen molar-refractivity contribution in [2.24, 2.45) is 0 Å². The lowest BCUT2D eigenvalue weighted by Gasteiger charge is -2.09. The fourth-order valence-electron chi connectivity index (χ4n) is 2.88. The number of nitrogens with zero attached hydrogens (tertiary/aromatic N) is 3. The molecule has 5 nitrogen and oxygen atoms in total. The highest BCUT2D eigenvalue weighted by Gasteiger charge is 2.23. The van der Waals surface area contributed by atoms with Gasteiger partial charge in [-0.1, -0.05) is 12.8 Å². The average molecular weight is 245 g/mol. The van der Waals surface area contributed by atoms with Crippen molar-refractivity contribution in [1.29, 1.82) is 0 Å². The second kappa shape index (κ2) is 4.08. The number of aryl methyl sites for hydroxylation is 1. The Morgan fingerprint density at radius 1 is 1.44 bits per heavy atom. The van der Waals surface area contributed by atoms with Gasteiger partial charge in [-0.05, 0) is 25.7 Å². The third-order valence-electron chi connectivity index (χ3n) is 3.74. The maximum absolute atomic E-state index is 11.2. The zero-order chi connectivity index (χ0) is 12.7. The fourth-order valence-corrected chi connectivity index (χ4v) is 2.88. The monoisotopic (exact) mass is 245 g/mol. The molecular formula is C13H15N3O2. The van der Waals surface area contributed by atoms with Gasteiger partial charge in [-0.25, -0.2) is 14.8 Å². The second-order valence-corrected chi connectivity index (χ2v) is 4.87. The Morgan fingerprint density at radius 2 is 2.17 bits per heavy atom. The largest absolute Gasteiger partial charge is 0.477 e. The summed E-state index contributed by atoms with van der Waals surface area (Å²) in [6.45, 7) is 1.73. The number of aromatic carboxylic acids is 1. The summed E-state index contributed by atoms with van der Waals surface area (Å²) in [6, 6.07) is 0. The molecule has 1 aliphatic carbocycles. The summed E-state index contributed by atoms with van der Waals surface area (Å²) in [4.78, 5) is 19.8. The van der Waals surface area contributed by atoms with E-state index in [0.29, 0.717) is 11.6 Å². The van der Waals surface area contributed by atoms with E-state index in [1.165, 1.54) is 19.2 Å². The third kappa shape index (κ3) is 1.58. The van der Waals surface area contributed by atoms with Crippen molar-refractivity contribution in [2.45, 2.75) is 38.5 Å². The van der Waals surface area contributed by atoms with E-state index >= 15 is 0 Å². The molecule has 2 aromatic heterocycles. The molecule has 0 aliphatic heterocycles. The zero-order valence-electron chi connectivity index (χ0n) is 10.3. The van der Waals surface area contributed by atoms with Crippen LogP contribution in [-0.4, -0.2) is 25.4 Å². The summed E-state index contributed by atoms with van der Waals surface area (Å²) in [5, 5.41) is 9.22. The highest BCUT2D eigenvalue weighted by molar-refractivity contribution is 5.88. The number of carboxylic acids is 1. The molecule has 0 spiro atoms. The van der Waals surface area contributed by atoms with E-state index in [1.54, 1.807) is 11.3 Å². The maximum atomic E-state index is 11.2. The summed E-state index contributed by atoms with van der Waals surface area (Å²) in [5.74, 6) is -0.477. The van der Waals surface area contributed by atoms with Gasteiger partial charge in [0.15, 0.2) is 5.69 Å². The van der Waals surface area contributed by atoms with E-state index in [4.69, 9.17) is 0 Å². The molecule has 0 radical (unpaired) electrons. The number of aromatic nitrogens is 3. The zero-order valence-corrected chi connectivity index (χ0v) is 10.3. The highest BCUT2D eigenvalue weighted by atomic mass is 16.4. The topological polar surface area (TPSA) is 67.5 Å². The molecule has 0 amide bonds. The lowest BCUT2D eigenvalue weighted by Crippen LogP contribution is -2.05. The van der Waals surface area contributed by atoms with Crippen molar-refractivity contribution in [3.05, 3.63) is 29.5 Å². The number of rotatable bonds is 2. The number of carbonyl (C=O) groups is 1. The smallest absolute Gasteiger partial charge is 0.354 e. The van der Waals surface area contributed by atoms with E-state index in [-0.39, 0.29) is 5.69 Å². The number of fused-ring (bicyclic) bond motifs is 1. The van der Waals surface area contributed by atoms with Crippen LogP contribution in [0, 0.1) is 6.92 Å². The molecule has 1 N–H and O–H groups in total. The molecule has 3 rings (SSSR count). The quantitative estimate of drug-likeness (QED) is 0.882. The minimum Gasteiger partial charge on any atom is -0.477 e. The van der Waals surface area contributed by atoms with Gasteiger partial charge >= 0.3 is 5.97 Å². The standard InChI is InChI=1S/C13H15N3O2/c1-8-11(13(17)18)16-7-14-6-10(12(16)15-8)9-4-2-3-5-9/h6-7,9H,2-5H2,1H3,(H,17,18). The maximum Gasteiger partial charge on any atom is 0.354 e. The Morgan fingerprint density at radius 3 is 2.83 bits per heavy atom. The van der Waals surface area contributed by atoms with Crippen LogP contribution in [0.2, 0.25) is 0 Å². The van der Waals surface area contributed by atoms with Crippen molar-refractivity contribution < 1.29 is 9.90 Å². The van der Waals surface area contributed by atoms with E-state index in [2.05, 4.69) is 9.97 Å². The summed E-state index contributed by atoms with van der Waals surface area (Å²) >= 11 is 0. The van der Waals surface area contributed by atoms with Gasteiger partial charge in [0.1, 0.15) is 12.0 Å². The van der Waals surface area contributed by atoms with Gasteiger partial charge in [0.25, 0.3) is 0 Å². The molecule has 2 heterocycles. The normalized spacial score (nSPS) is 16.5. The third-order valence-corrected chi connectivity index (χ3v) is 3.74. The van der Waals surface area contributed by atoms with Crippen molar-refractivity contribution >= 4 is 11.6 Å². The Labute approximate surface area is 104 Å². The van der Waals surface area contributed by atoms with Gasteiger partial charge in [0.2, 0.25) is 0 Å². The van der Waals surface area contributed by atoms with Crippen molar-refractivity contribution in [3.8, 4) is 0 Å². The Hall–Kier alpha value is -1.91. The van der Waals surface area contributed by atoms with Crippen molar-refractivity contribution in [3.63, 3.8) is 0 Å². The van der Waals surface area contributed by atoms with Gasteiger partial charge in [-0.3, -0.25) is 4.40 Å². The molecule has 1 aliphatic rings. The predicted octanol–water partition coefficient (Wildman–Crippen LogP) is 2.39. The van der Waals surface area contributed by atoms with Crippen LogP contribution in [0.1, 0.15) is 53.3 Å². The van der Waals surface area contributed by atoms with Crippen LogP contribution in [0.3, 0.4) is 0 Å². The minimum absolute atomic E-state index is 0.220. The van der Waals surface area contributed by atoms with E-state index in [1.807, 2.05) is 6.20 Å². The summed E-state index contributed by atoms with van der Waals surface area (Å²) < 4.78 is 1.60. The number of carboxylic acid groups (broad SMARTS) is 1. The molecule has 1 fully saturated rings. The molecule has 94 valence electrons. The van der Waals surface area contributed by atoms with Crippen LogP contribution in [0.5, 0.6) is 0 Å². The van der Waals surface area contributed by atoms with Crippen molar-refractivity contribution in [2.75, 3.05) is 0 Å². The van der Waals surface area contributed by atoms with Gasteiger partial charge in [-0.2, -0.15) is 0 Å². The molecule has 0 bridgehead atoms. The lowest BCUT2D eigenvalue weighted by molar-refractivity contribution is 0.0688. The molecule has 0 aromatic carbocycles. The predicted molar refractivity (Wildman–Crippen MR) is 65.9 cm³/mol. The first-order valence-electron chi connectivity index (χ1n) is 6.24. The molecule has 5 heteroatoms. The van der Waals surface area contributed by atoms with Crippen molar-refractivity contribution in [1.82, 2.24) is 14.4 Å². The van der Waals surface area contributed by atoms with Crippen LogP contribution < -0.4 is 0 Å². The number of hydrogen-bond donors (Lipinski definition) is 1. The van der Waals surface area contributed by atoms with E-state index in [9.17, 15) is 9.90 Å². The molecule has 0 atom stereocenters. The van der Waals surface area contributed by atoms with E-state index in [0.717, 1.165) is 24.1 Å². The average Bonchev–Trinajstić information content (AvgIpc) is 2.93. The Bertz CT molecular complexity index is 612. The summed E-state index contributed by atoms with van der Waals surface area (Å²) in [6.07, 6.45) is 8.14. The fraction of sp³-hybridized carbons (Fsp3) is 0.462. The minimum atomic E-state index is -0.953. The Balaban J connectivity index is 2.22. The Kier molecular flexibility index (Phi) is 2.54. The summed E-state index contributed by atoms with van der Waals surface area (Å²) in [5.41, 5.74) is 2.62. The van der Waals surface area contributed by atoms with Crippen LogP contribution in [0.15, 0.2) is 12.5 Å². The highest BCUT2D eigenvalue weighted by Crippen LogP contribution is 2.35. The SMILES string of the molecule is Cc1nc2c(C3CCCC3)cncn2c1C(=O)O. The van der Waals surface area contributed by atoms with Gasteiger partial charge < -0.3 is 5.11 Å². The molecule has 18 heavy (non-hydrogen) atoms. The van der Waals surface area contributed by atoms with Gasteiger partial charge in [0.05, 0.1) is 5.69 Å². The number of imidazole rings is 1. The molecule has 0 saturated heterocycles. The first-order chi connectivity index (χ1) is 8.68. The summed E-state index contributed by atoms with van der Waals surface area (Å²) in [7, 11) is 0.